The maximum Gasteiger partial charge on any atom is 0.224 e. The SMILES string of the molecule is Cl.NC1C2CCC(C2)C1C(=O)NCCC1CCCCO1. The van der Waals surface area contributed by atoms with E-state index in [1.54, 1.807) is 0 Å². The number of halogens is 1. The van der Waals surface area contributed by atoms with Crippen LogP contribution in [0.1, 0.15) is 44.9 Å². The third-order valence-electron chi connectivity index (χ3n) is 5.32. The highest BCUT2D eigenvalue weighted by molar-refractivity contribution is 5.85. The topological polar surface area (TPSA) is 64.4 Å². The summed E-state index contributed by atoms with van der Waals surface area (Å²) in [7, 11) is 0. The van der Waals surface area contributed by atoms with Gasteiger partial charge in [-0.2, -0.15) is 0 Å². The lowest BCUT2D eigenvalue weighted by Gasteiger charge is -2.27. The van der Waals surface area contributed by atoms with Crippen molar-refractivity contribution in [1.82, 2.24) is 5.32 Å². The van der Waals surface area contributed by atoms with E-state index in [-0.39, 0.29) is 30.3 Å². The highest BCUT2D eigenvalue weighted by Crippen LogP contribution is 2.47. The molecule has 1 heterocycles. The number of nitrogens with two attached hydrogens (primary N) is 1. The van der Waals surface area contributed by atoms with Gasteiger partial charge in [0.25, 0.3) is 0 Å². The van der Waals surface area contributed by atoms with E-state index in [2.05, 4.69) is 5.32 Å². The van der Waals surface area contributed by atoms with Gasteiger partial charge < -0.3 is 15.8 Å². The van der Waals surface area contributed by atoms with Crippen molar-refractivity contribution >= 4 is 18.3 Å². The van der Waals surface area contributed by atoms with Crippen molar-refractivity contribution in [3.63, 3.8) is 0 Å². The molecule has 1 amide bonds. The molecule has 3 fully saturated rings. The molecule has 3 N–H and O–H groups in total. The third-order valence-corrected chi connectivity index (χ3v) is 5.32. The summed E-state index contributed by atoms with van der Waals surface area (Å²) in [5.74, 6) is 1.41. The van der Waals surface area contributed by atoms with E-state index in [0.717, 1.165) is 26.0 Å². The van der Waals surface area contributed by atoms with Gasteiger partial charge in [0.05, 0.1) is 12.0 Å². The van der Waals surface area contributed by atoms with Crippen LogP contribution >= 0.6 is 12.4 Å². The summed E-state index contributed by atoms with van der Waals surface area (Å²) in [5.41, 5.74) is 6.19. The molecule has 0 spiro atoms. The smallest absolute Gasteiger partial charge is 0.224 e. The molecule has 0 radical (unpaired) electrons. The van der Waals surface area contributed by atoms with Gasteiger partial charge in [-0.1, -0.05) is 0 Å². The number of rotatable bonds is 4. The second-order valence-electron chi connectivity index (χ2n) is 6.50. The van der Waals surface area contributed by atoms with Gasteiger partial charge in [0.2, 0.25) is 5.91 Å². The van der Waals surface area contributed by atoms with Gasteiger partial charge in [-0.15, -0.1) is 12.4 Å². The molecular weight excluding hydrogens is 276 g/mol. The lowest BCUT2D eigenvalue weighted by atomic mass is 9.84. The van der Waals surface area contributed by atoms with Crippen molar-refractivity contribution in [2.24, 2.45) is 23.5 Å². The summed E-state index contributed by atoms with van der Waals surface area (Å²) in [4.78, 5) is 12.3. The zero-order chi connectivity index (χ0) is 13.2. The number of hydrogen-bond acceptors (Lipinski definition) is 3. The van der Waals surface area contributed by atoms with Crippen LogP contribution in [0.25, 0.3) is 0 Å². The van der Waals surface area contributed by atoms with Gasteiger partial charge in [0.15, 0.2) is 0 Å². The Morgan fingerprint density at radius 3 is 2.65 bits per heavy atom. The van der Waals surface area contributed by atoms with Gasteiger partial charge in [0.1, 0.15) is 0 Å². The Labute approximate surface area is 127 Å². The molecule has 2 saturated carbocycles. The summed E-state index contributed by atoms with van der Waals surface area (Å²) in [6.45, 7) is 1.62. The number of nitrogens with one attached hydrogen (secondary N) is 1. The van der Waals surface area contributed by atoms with E-state index in [9.17, 15) is 4.79 Å². The van der Waals surface area contributed by atoms with Crippen LogP contribution in [0.4, 0.5) is 0 Å². The minimum absolute atomic E-state index is 0. The largest absolute Gasteiger partial charge is 0.378 e. The average Bonchev–Trinajstić information content (AvgIpc) is 3.00. The van der Waals surface area contributed by atoms with Gasteiger partial charge in [-0.05, 0) is 56.8 Å². The highest BCUT2D eigenvalue weighted by Gasteiger charge is 2.48. The molecule has 2 aliphatic carbocycles. The summed E-state index contributed by atoms with van der Waals surface area (Å²) in [6, 6.07) is 0.102. The van der Waals surface area contributed by atoms with Gasteiger partial charge in [-0.3, -0.25) is 4.79 Å². The first-order chi connectivity index (χ1) is 9.25. The van der Waals surface area contributed by atoms with E-state index >= 15 is 0 Å². The first-order valence-electron chi connectivity index (χ1n) is 7.90. The Bertz CT molecular complexity index is 332. The average molecular weight is 303 g/mol. The van der Waals surface area contributed by atoms with Crippen LogP contribution in [-0.2, 0) is 9.53 Å². The molecule has 0 aromatic carbocycles. The zero-order valence-corrected chi connectivity index (χ0v) is 12.9. The molecule has 4 nitrogen and oxygen atoms in total. The van der Waals surface area contributed by atoms with Crippen molar-refractivity contribution in [3.05, 3.63) is 0 Å². The second-order valence-corrected chi connectivity index (χ2v) is 6.50. The molecule has 3 rings (SSSR count). The minimum atomic E-state index is 0. The molecule has 3 aliphatic rings. The molecule has 2 bridgehead atoms. The quantitative estimate of drug-likeness (QED) is 0.833. The van der Waals surface area contributed by atoms with E-state index in [1.165, 1.54) is 32.1 Å². The van der Waals surface area contributed by atoms with Crippen LogP contribution in [-0.4, -0.2) is 31.2 Å². The minimum Gasteiger partial charge on any atom is -0.378 e. The van der Waals surface area contributed by atoms with Crippen molar-refractivity contribution in [1.29, 1.82) is 0 Å². The Kier molecular flexibility index (Phi) is 5.70. The monoisotopic (exact) mass is 302 g/mol. The third kappa shape index (κ3) is 3.29. The van der Waals surface area contributed by atoms with E-state index < -0.39 is 0 Å². The fourth-order valence-electron chi connectivity index (χ4n) is 4.23. The van der Waals surface area contributed by atoms with Crippen molar-refractivity contribution < 1.29 is 9.53 Å². The summed E-state index contributed by atoms with van der Waals surface area (Å²) in [5, 5.41) is 3.09. The van der Waals surface area contributed by atoms with Crippen LogP contribution in [0.15, 0.2) is 0 Å². The highest BCUT2D eigenvalue weighted by atomic mass is 35.5. The zero-order valence-electron chi connectivity index (χ0n) is 12.1. The van der Waals surface area contributed by atoms with Crippen molar-refractivity contribution in [2.45, 2.75) is 57.1 Å². The Morgan fingerprint density at radius 1 is 1.20 bits per heavy atom. The number of amides is 1. The van der Waals surface area contributed by atoms with Crippen LogP contribution < -0.4 is 11.1 Å². The fraction of sp³-hybridized carbons (Fsp3) is 0.933. The molecule has 20 heavy (non-hydrogen) atoms. The molecule has 1 aliphatic heterocycles. The Morgan fingerprint density at radius 2 is 2.00 bits per heavy atom. The number of fused-ring (bicyclic) bond motifs is 2. The van der Waals surface area contributed by atoms with Gasteiger partial charge >= 0.3 is 0 Å². The molecule has 0 aromatic heterocycles. The lowest BCUT2D eigenvalue weighted by Crippen LogP contribution is -2.45. The molecular formula is C15H27ClN2O2. The Balaban J connectivity index is 0.00000147. The molecule has 5 heteroatoms. The second kappa shape index (κ2) is 7.10. The Hall–Kier alpha value is -0.320. The molecule has 0 aromatic rings. The van der Waals surface area contributed by atoms with E-state index in [4.69, 9.17) is 10.5 Å². The van der Waals surface area contributed by atoms with Crippen LogP contribution in [0.3, 0.4) is 0 Å². The maximum absolute atomic E-state index is 12.3. The number of hydrogen-bond donors (Lipinski definition) is 2. The summed E-state index contributed by atoms with van der Waals surface area (Å²) >= 11 is 0. The standard InChI is InChI=1S/C15H26N2O2.ClH/c16-14-11-5-4-10(9-11)13(14)15(18)17-7-6-12-3-1-2-8-19-12;/h10-14H,1-9,16H2,(H,17,18);1H. The van der Waals surface area contributed by atoms with Crippen LogP contribution in [0.5, 0.6) is 0 Å². The predicted molar refractivity (Wildman–Crippen MR) is 80.8 cm³/mol. The first-order valence-corrected chi connectivity index (χ1v) is 7.90. The molecule has 5 unspecified atom stereocenters. The molecule has 116 valence electrons. The van der Waals surface area contributed by atoms with Crippen molar-refractivity contribution in [2.75, 3.05) is 13.2 Å². The van der Waals surface area contributed by atoms with E-state index in [0.29, 0.717) is 17.9 Å². The first kappa shape index (κ1) is 16.1. The fourth-order valence-corrected chi connectivity index (χ4v) is 4.23. The summed E-state index contributed by atoms with van der Waals surface area (Å²) in [6.07, 6.45) is 8.48. The number of ether oxygens (including phenoxy) is 1. The van der Waals surface area contributed by atoms with Crippen LogP contribution in [0, 0.1) is 17.8 Å². The number of carbonyl (C=O) groups excluding carboxylic acids is 1. The maximum atomic E-state index is 12.3. The van der Waals surface area contributed by atoms with Gasteiger partial charge in [0, 0.05) is 19.2 Å². The molecule has 1 saturated heterocycles. The predicted octanol–water partition coefficient (Wildman–Crippen LogP) is 1.86. The lowest BCUT2D eigenvalue weighted by molar-refractivity contribution is -0.127. The van der Waals surface area contributed by atoms with Gasteiger partial charge in [-0.25, -0.2) is 0 Å². The summed E-state index contributed by atoms with van der Waals surface area (Å²) < 4.78 is 5.68. The van der Waals surface area contributed by atoms with E-state index in [1.807, 2.05) is 0 Å². The van der Waals surface area contributed by atoms with Crippen LogP contribution in [0.2, 0.25) is 0 Å². The normalized spacial score (nSPS) is 39.4. The number of carbonyl (C=O) groups is 1. The van der Waals surface area contributed by atoms with Crippen molar-refractivity contribution in [3.8, 4) is 0 Å². The molecule has 5 atom stereocenters.